The topological polar surface area (TPSA) is 98.7 Å². The number of hydrogen-bond acceptors (Lipinski definition) is 5. The second-order valence-corrected chi connectivity index (χ2v) is 1.60. The number of tetrazole rings is 1. The van der Waals surface area contributed by atoms with Crippen LogP contribution in [0.3, 0.4) is 0 Å². The molecule has 1 aromatic heterocycles. The largest absolute Gasteiger partial charge is 0.304 e. The molecule has 0 saturated carbocycles. The molecular weight excluding hydrogens is 136 g/mol. The van der Waals surface area contributed by atoms with Crippen molar-refractivity contribution in [2.24, 2.45) is 12.9 Å². The molecule has 0 aromatic carbocycles. The number of hydrazine groups is 1. The van der Waals surface area contributed by atoms with Crippen molar-refractivity contribution < 1.29 is 4.79 Å². The monoisotopic (exact) mass is 142 g/mol. The van der Waals surface area contributed by atoms with Gasteiger partial charge in [-0.3, -0.25) is 10.2 Å². The molecule has 0 aliphatic rings. The Morgan fingerprint density at radius 1 is 1.80 bits per heavy atom. The lowest BCUT2D eigenvalue weighted by molar-refractivity contribution is 0.0939. The van der Waals surface area contributed by atoms with E-state index in [2.05, 4.69) is 15.5 Å². The Bertz CT molecular complexity index is 241. The van der Waals surface area contributed by atoms with E-state index in [4.69, 9.17) is 5.84 Å². The average molecular weight is 142 g/mol. The molecule has 7 heteroatoms. The van der Waals surface area contributed by atoms with Crippen molar-refractivity contribution in [2.45, 2.75) is 0 Å². The molecule has 1 heterocycles. The van der Waals surface area contributed by atoms with Gasteiger partial charge in [0.05, 0.1) is 0 Å². The quantitative estimate of drug-likeness (QED) is 0.264. The standard InChI is InChI=1S/C3H6N6O/c1-9-2(3(10)5-4)6-7-8-9/h4H2,1H3,(H,5,10). The zero-order valence-electron chi connectivity index (χ0n) is 5.27. The van der Waals surface area contributed by atoms with Crippen LogP contribution in [0.4, 0.5) is 0 Å². The Morgan fingerprint density at radius 3 is 2.90 bits per heavy atom. The molecule has 7 nitrogen and oxygen atoms in total. The number of nitrogens with one attached hydrogen (secondary N) is 1. The first-order valence-corrected chi connectivity index (χ1v) is 2.49. The van der Waals surface area contributed by atoms with Crippen LogP contribution in [0, 0.1) is 0 Å². The molecule has 0 bridgehead atoms. The highest BCUT2D eigenvalue weighted by Gasteiger charge is 2.09. The summed E-state index contributed by atoms with van der Waals surface area (Å²) in [5, 5.41) is 10.1. The Morgan fingerprint density at radius 2 is 2.50 bits per heavy atom. The van der Waals surface area contributed by atoms with Crippen LogP contribution in [0.1, 0.15) is 10.6 Å². The van der Waals surface area contributed by atoms with Gasteiger partial charge in [-0.15, -0.1) is 5.10 Å². The normalized spacial score (nSPS) is 9.40. The maximum absolute atomic E-state index is 10.7. The number of amides is 1. The zero-order valence-corrected chi connectivity index (χ0v) is 5.27. The van der Waals surface area contributed by atoms with Gasteiger partial charge in [0.15, 0.2) is 0 Å². The minimum Gasteiger partial charge on any atom is -0.287 e. The van der Waals surface area contributed by atoms with Crippen LogP contribution in [0.25, 0.3) is 0 Å². The van der Waals surface area contributed by atoms with E-state index in [0.29, 0.717) is 0 Å². The lowest BCUT2D eigenvalue weighted by Gasteiger charge is -1.93. The first-order chi connectivity index (χ1) is 4.75. The predicted molar refractivity (Wildman–Crippen MR) is 30.5 cm³/mol. The van der Waals surface area contributed by atoms with Crippen molar-refractivity contribution >= 4 is 5.91 Å². The number of carbonyl (C=O) groups excluding carboxylic acids is 1. The number of nitrogens with zero attached hydrogens (tertiary/aromatic N) is 4. The predicted octanol–water partition coefficient (Wildman–Crippen LogP) is -2.19. The van der Waals surface area contributed by atoms with E-state index in [9.17, 15) is 4.79 Å². The summed E-state index contributed by atoms with van der Waals surface area (Å²) >= 11 is 0. The van der Waals surface area contributed by atoms with Gasteiger partial charge in [0, 0.05) is 7.05 Å². The highest BCUT2D eigenvalue weighted by Crippen LogP contribution is 1.84. The van der Waals surface area contributed by atoms with Crippen molar-refractivity contribution in [3.63, 3.8) is 0 Å². The summed E-state index contributed by atoms with van der Waals surface area (Å²) in [5.74, 6) is 4.40. The maximum Gasteiger partial charge on any atom is 0.304 e. The molecular formula is C3H6N6O. The summed E-state index contributed by atoms with van der Waals surface area (Å²) < 4.78 is 1.22. The average Bonchev–Trinajstić information content (AvgIpc) is 2.34. The van der Waals surface area contributed by atoms with Crippen LogP contribution >= 0.6 is 0 Å². The van der Waals surface area contributed by atoms with Gasteiger partial charge in [-0.05, 0) is 10.4 Å². The lowest BCUT2D eigenvalue weighted by atomic mass is 10.6. The molecule has 1 rings (SSSR count). The van der Waals surface area contributed by atoms with Crippen LogP contribution in [0.5, 0.6) is 0 Å². The van der Waals surface area contributed by atoms with E-state index >= 15 is 0 Å². The molecule has 0 atom stereocenters. The second-order valence-electron chi connectivity index (χ2n) is 1.60. The SMILES string of the molecule is Cn1nnnc1C(=O)NN. The molecule has 0 aliphatic heterocycles. The molecule has 0 unspecified atom stereocenters. The van der Waals surface area contributed by atoms with Crippen LogP contribution in [0.2, 0.25) is 0 Å². The van der Waals surface area contributed by atoms with Crippen LogP contribution in [-0.4, -0.2) is 26.1 Å². The van der Waals surface area contributed by atoms with Gasteiger partial charge in [0.1, 0.15) is 0 Å². The number of nitrogens with two attached hydrogens (primary N) is 1. The first kappa shape index (κ1) is 6.62. The van der Waals surface area contributed by atoms with Crippen molar-refractivity contribution in [3.8, 4) is 0 Å². The molecule has 1 aromatic rings. The minimum absolute atomic E-state index is 0.0856. The summed E-state index contributed by atoms with van der Waals surface area (Å²) in [6.45, 7) is 0. The summed E-state index contributed by atoms with van der Waals surface area (Å²) in [5.41, 5.74) is 1.91. The fourth-order valence-corrected chi connectivity index (χ4v) is 0.486. The number of rotatable bonds is 1. The van der Waals surface area contributed by atoms with E-state index in [1.807, 2.05) is 5.43 Å². The van der Waals surface area contributed by atoms with Crippen LogP contribution in [0.15, 0.2) is 0 Å². The number of aryl methyl sites for hydroxylation is 1. The van der Waals surface area contributed by atoms with Gasteiger partial charge in [0.2, 0.25) is 5.82 Å². The lowest BCUT2D eigenvalue weighted by Crippen LogP contribution is -2.32. The zero-order chi connectivity index (χ0) is 7.56. The Hall–Kier alpha value is -1.50. The van der Waals surface area contributed by atoms with Crippen LogP contribution < -0.4 is 11.3 Å². The summed E-state index contributed by atoms with van der Waals surface area (Å²) in [4.78, 5) is 10.7. The van der Waals surface area contributed by atoms with Gasteiger partial charge in [0.25, 0.3) is 0 Å². The third-order valence-corrected chi connectivity index (χ3v) is 0.954. The fourth-order valence-electron chi connectivity index (χ4n) is 0.486. The summed E-state index contributed by atoms with van der Waals surface area (Å²) in [6, 6.07) is 0. The van der Waals surface area contributed by atoms with E-state index in [1.54, 1.807) is 7.05 Å². The third kappa shape index (κ3) is 0.935. The molecule has 54 valence electrons. The van der Waals surface area contributed by atoms with Crippen molar-refractivity contribution in [1.82, 2.24) is 25.6 Å². The van der Waals surface area contributed by atoms with Crippen molar-refractivity contribution in [2.75, 3.05) is 0 Å². The maximum atomic E-state index is 10.7. The van der Waals surface area contributed by atoms with Gasteiger partial charge < -0.3 is 0 Å². The fraction of sp³-hybridized carbons (Fsp3) is 0.333. The smallest absolute Gasteiger partial charge is 0.287 e. The Labute approximate surface area is 56.2 Å². The van der Waals surface area contributed by atoms with E-state index in [-0.39, 0.29) is 5.82 Å². The Balaban J connectivity index is 2.93. The van der Waals surface area contributed by atoms with E-state index in [0.717, 1.165) is 0 Å². The van der Waals surface area contributed by atoms with Crippen molar-refractivity contribution in [3.05, 3.63) is 5.82 Å². The molecule has 0 aliphatic carbocycles. The molecule has 10 heavy (non-hydrogen) atoms. The highest BCUT2D eigenvalue weighted by molar-refractivity contribution is 5.89. The van der Waals surface area contributed by atoms with Crippen LogP contribution in [-0.2, 0) is 7.05 Å². The number of aromatic nitrogens is 4. The first-order valence-electron chi connectivity index (χ1n) is 2.49. The van der Waals surface area contributed by atoms with Gasteiger partial charge >= 0.3 is 5.91 Å². The van der Waals surface area contributed by atoms with Gasteiger partial charge in [-0.2, -0.15) is 0 Å². The number of hydrogen-bond donors (Lipinski definition) is 2. The summed E-state index contributed by atoms with van der Waals surface area (Å²) in [6.07, 6.45) is 0. The molecule has 0 saturated heterocycles. The third-order valence-electron chi connectivity index (χ3n) is 0.954. The van der Waals surface area contributed by atoms with Gasteiger partial charge in [-0.25, -0.2) is 10.5 Å². The van der Waals surface area contributed by atoms with E-state index < -0.39 is 5.91 Å². The number of nitrogen functional groups attached to an aromatic ring is 1. The molecule has 0 radical (unpaired) electrons. The van der Waals surface area contributed by atoms with Gasteiger partial charge in [-0.1, -0.05) is 0 Å². The minimum atomic E-state index is -0.507. The molecule has 3 N–H and O–H groups in total. The van der Waals surface area contributed by atoms with Crippen molar-refractivity contribution in [1.29, 1.82) is 0 Å². The highest BCUT2D eigenvalue weighted by atomic mass is 16.2. The van der Waals surface area contributed by atoms with E-state index in [1.165, 1.54) is 4.68 Å². The second kappa shape index (κ2) is 2.40. The molecule has 0 fully saturated rings. The Kier molecular flexibility index (Phi) is 1.59. The molecule has 0 spiro atoms. The molecule has 1 amide bonds. The summed E-state index contributed by atoms with van der Waals surface area (Å²) in [7, 11) is 1.55. The number of carbonyl (C=O) groups is 1.